The van der Waals surface area contributed by atoms with Crippen molar-refractivity contribution in [1.82, 2.24) is 9.55 Å². The summed E-state index contributed by atoms with van der Waals surface area (Å²) in [7, 11) is 0. The molecule has 44 heavy (non-hydrogen) atoms. The minimum Gasteiger partial charge on any atom is -0.478 e. The van der Waals surface area contributed by atoms with Crippen LogP contribution in [0.2, 0.25) is 5.02 Å². The van der Waals surface area contributed by atoms with E-state index in [0.717, 1.165) is 12.5 Å². The van der Waals surface area contributed by atoms with Gasteiger partial charge in [-0.05, 0) is 71.6 Å². The van der Waals surface area contributed by atoms with Gasteiger partial charge in [0.1, 0.15) is 23.3 Å². The Balaban J connectivity index is 1.24. The van der Waals surface area contributed by atoms with E-state index in [0.29, 0.717) is 41.1 Å². The number of halogens is 4. The van der Waals surface area contributed by atoms with Crippen LogP contribution in [0.25, 0.3) is 22.2 Å². The van der Waals surface area contributed by atoms with E-state index in [1.807, 2.05) is 0 Å². The zero-order valence-corrected chi connectivity index (χ0v) is 23.7. The average Bonchev–Trinajstić information content (AvgIpc) is 3.48. The smallest absolute Gasteiger partial charge is 0.335 e. The van der Waals surface area contributed by atoms with Crippen molar-refractivity contribution >= 4 is 40.2 Å². The number of aromatic nitrogens is 2. The van der Waals surface area contributed by atoms with Gasteiger partial charge >= 0.3 is 5.97 Å². The molecule has 1 aromatic heterocycles. The molecule has 1 amide bonds. The monoisotopic (exact) mass is 617 g/mol. The van der Waals surface area contributed by atoms with Crippen molar-refractivity contribution < 1.29 is 32.6 Å². The molecule has 0 unspecified atom stereocenters. The van der Waals surface area contributed by atoms with E-state index in [1.165, 1.54) is 41.3 Å². The normalized spacial score (nSPS) is 16.0. The predicted molar refractivity (Wildman–Crippen MR) is 158 cm³/mol. The van der Waals surface area contributed by atoms with E-state index < -0.39 is 29.3 Å². The third-order valence-corrected chi connectivity index (χ3v) is 8.41. The zero-order chi connectivity index (χ0) is 30.7. The fraction of sp³-hybridized carbons (Fsp3) is 0.182. The second-order valence-electron chi connectivity index (χ2n) is 10.9. The number of fused-ring (bicyclic) bond motifs is 2. The third kappa shape index (κ3) is 4.80. The zero-order valence-electron chi connectivity index (χ0n) is 23.0. The molecule has 4 aromatic carbocycles. The van der Waals surface area contributed by atoms with Crippen LogP contribution in [-0.2, 0) is 24.2 Å². The number of carboxylic acid groups (broad SMARTS) is 1. The topological polar surface area (TPSA) is 84.7 Å². The number of ether oxygens (including phenoxy) is 1. The first-order chi connectivity index (χ1) is 21.2. The number of nitrogens with zero attached hydrogens (tertiary/aromatic N) is 3. The molecule has 1 fully saturated rings. The summed E-state index contributed by atoms with van der Waals surface area (Å²) >= 11 is 5.88. The second-order valence-corrected chi connectivity index (χ2v) is 11.3. The van der Waals surface area contributed by atoms with E-state index in [-0.39, 0.29) is 52.0 Å². The molecule has 1 saturated heterocycles. The Bertz CT molecular complexity index is 1980. The first-order valence-electron chi connectivity index (χ1n) is 13.9. The van der Waals surface area contributed by atoms with Gasteiger partial charge in [0.25, 0.3) is 5.91 Å². The van der Waals surface area contributed by atoms with Gasteiger partial charge in [0.2, 0.25) is 0 Å². The van der Waals surface area contributed by atoms with Crippen LogP contribution in [0.1, 0.15) is 44.1 Å². The molecule has 2 aliphatic rings. The Morgan fingerprint density at radius 2 is 1.80 bits per heavy atom. The minimum atomic E-state index is -1.10. The quantitative estimate of drug-likeness (QED) is 0.212. The first kappa shape index (κ1) is 28.1. The number of amides is 1. The van der Waals surface area contributed by atoms with E-state index in [4.69, 9.17) is 16.3 Å². The summed E-state index contributed by atoms with van der Waals surface area (Å²) in [6.45, 7) is 1.06. The van der Waals surface area contributed by atoms with Crippen LogP contribution in [-0.4, -0.2) is 39.2 Å². The summed E-state index contributed by atoms with van der Waals surface area (Å²) in [6, 6.07) is 15.9. The van der Waals surface area contributed by atoms with Gasteiger partial charge in [0, 0.05) is 23.6 Å². The van der Waals surface area contributed by atoms with Crippen LogP contribution in [0.4, 0.5) is 18.9 Å². The van der Waals surface area contributed by atoms with E-state index in [1.54, 1.807) is 28.8 Å². The van der Waals surface area contributed by atoms with Gasteiger partial charge in [0.05, 0.1) is 47.0 Å². The summed E-state index contributed by atoms with van der Waals surface area (Å²) < 4.78 is 53.5. The van der Waals surface area contributed by atoms with Gasteiger partial charge in [-0.2, -0.15) is 0 Å². The van der Waals surface area contributed by atoms with Crippen molar-refractivity contribution in [1.29, 1.82) is 0 Å². The lowest BCUT2D eigenvalue weighted by Gasteiger charge is -2.27. The number of carbonyl (C=O) groups is 2. The number of imidazole rings is 1. The lowest BCUT2D eigenvalue weighted by Crippen LogP contribution is -2.31. The maximum atomic E-state index is 15.7. The number of anilines is 1. The molecule has 0 aliphatic carbocycles. The number of carbonyl (C=O) groups excluding carboxylic acids is 1. The highest BCUT2D eigenvalue weighted by Gasteiger charge is 2.33. The minimum absolute atomic E-state index is 0.0555. The number of carboxylic acids is 1. The van der Waals surface area contributed by atoms with E-state index in [9.17, 15) is 19.1 Å². The highest BCUT2D eigenvalue weighted by Crippen LogP contribution is 2.38. The molecule has 0 spiro atoms. The van der Waals surface area contributed by atoms with Gasteiger partial charge in [0.15, 0.2) is 0 Å². The van der Waals surface area contributed by atoms with Crippen molar-refractivity contribution in [2.24, 2.45) is 0 Å². The lowest BCUT2D eigenvalue weighted by atomic mass is 9.95. The predicted octanol–water partition coefficient (Wildman–Crippen LogP) is 7.01. The molecular formula is C33H23ClF3N3O4. The number of hydrogen-bond donors (Lipinski definition) is 1. The van der Waals surface area contributed by atoms with Gasteiger partial charge in [-0.15, -0.1) is 0 Å². The van der Waals surface area contributed by atoms with Gasteiger partial charge in [-0.3, -0.25) is 4.79 Å². The van der Waals surface area contributed by atoms with Crippen LogP contribution < -0.4 is 4.90 Å². The number of rotatable bonds is 7. The molecule has 1 atom stereocenters. The molecule has 1 N–H and O–H groups in total. The van der Waals surface area contributed by atoms with Crippen molar-refractivity contribution in [3.8, 4) is 11.1 Å². The number of aromatic carboxylic acids is 1. The van der Waals surface area contributed by atoms with E-state index >= 15 is 8.78 Å². The Labute approximate surface area is 254 Å². The largest absolute Gasteiger partial charge is 0.478 e. The standard InChI is InChI=1S/C33H23ClF3N3O4/c34-20-5-7-28(26(37)13-20)40-15-18-2-1-3-22(31(18)32(40)41)19-10-24(35)23(25(36)11-19)14-30-38-27-6-4-17(33(42)43)12-29(27)39(30)16-21-8-9-44-21/h1-7,10-13,21H,8-9,14-16H2,(H,42,43)/t21-/m0/s1. The fourth-order valence-corrected chi connectivity index (χ4v) is 6.02. The van der Waals surface area contributed by atoms with Crippen LogP contribution in [0.3, 0.4) is 0 Å². The highest BCUT2D eigenvalue weighted by molar-refractivity contribution is 6.30. The van der Waals surface area contributed by atoms with Gasteiger partial charge in [-0.25, -0.2) is 22.9 Å². The molecule has 3 heterocycles. The second kappa shape index (κ2) is 10.8. The molecule has 5 aromatic rings. The van der Waals surface area contributed by atoms with Crippen LogP contribution in [0, 0.1) is 17.5 Å². The molecule has 7 rings (SSSR count). The molecule has 0 saturated carbocycles. The summed E-state index contributed by atoms with van der Waals surface area (Å²) in [5, 5.41) is 9.67. The van der Waals surface area contributed by atoms with Crippen molar-refractivity contribution in [2.75, 3.05) is 11.5 Å². The molecule has 0 radical (unpaired) electrons. The molecule has 11 heteroatoms. The van der Waals surface area contributed by atoms with Crippen LogP contribution >= 0.6 is 11.6 Å². The Hall–Kier alpha value is -4.67. The maximum absolute atomic E-state index is 15.7. The third-order valence-electron chi connectivity index (χ3n) is 8.18. The van der Waals surface area contributed by atoms with Gasteiger partial charge in [-0.1, -0.05) is 29.8 Å². The van der Waals surface area contributed by atoms with Gasteiger partial charge < -0.3 is 19.3 Å². The van der Waals surface area contributed by atoms with Crippen LogP contribution in [0.5, 0.6) is 0 Å². The molecule has 7 nitrogen and oxygen atoms in total. The Morgan fingerprint density at radius 3 is 2.48 bits per heavy atom. The maximum Gasteiger partial charge on any atom is 0.335 e. The number of hydrogen-bond acceptors (Lipinski definition) is 4. The Morgan fingerprint density at radius 1 is 1.02 bits per heavy atom. The summed E-state index contributed by atoms with van der Waals surface area (Å²) in [6.07, 6.45) is 0.490. The molecule has 2 aliphatic heterocycles. The summed E-state index contributed by atoms with van der Waals surface area (Å²) in [5.41, 5.74) is 2.27. The van der Waals surface area contributed by atoms with Crippen molar-refractivity contribution in [2.45, 2.75) is 32.0 Å². The Kier molecular flexibility index (Phi) is 6.90. The summed E-state index contributed by atoms with van der Waals surface area (Å²) in [5.74, 6) is -3.53. The lowest BCUT2D eigenvalue weighted by molar-refractivity contribution is -0.0589. The van der Waals surface area contributed by atoms with Crippen molar-refractivity contribution in [3.63, 3.8) is 0 Å². The fourth-order valence-electron chi connectivity index (χ4n) is 5.86. The molecule has 222 valence electrons. The number of benzene rings is 4. The SMILES string of the molecule is O=C(O)c1ccc2nc(Cc3c(F)cc(-c4cccc5c4C(=O)N(c4ccc(Cl)cc4F)C5)cc3F)n(C[C@@H]3CCO3)c2c1. The summed E-state index contributed by atoms with van der Waals surface area (Å²) in [4.78, 5) is 30.9. The van der Waals surface area contributed by atoms with E-state index in [2.05, 4.69) is 4.98 Å². The average molecular weight is 618 g/mol. The molecule has 0 bridgehead atoms. The molecular weight excluding hydrogens is 595 g/mol. The first-order valence-corrected chi connectivity index (χ1v) is 14.3. The van der Waals surface area contributed by atoms with Crippen LogP contribution in [0.15, 0.2) is 66.7 Å². The van der Waals surface area contributed by atoms with Crippen molar-refractivity contribution in [3.05, 3.63) is 117 Å². The highest BCUT2D eigenvalue weighted by atomic mass is 35.5.